The highest BCUT2D eigenvalue weighted by molar-refractivity contribution is 5.87. The van der Waals surface area contributed by atoms with E-state index < -0.39 is 0 Å². The van der Waals surface area contributed by atoms with Gasteiger partial charge in [0.25, 0.3) is 0 Å². The lowest BCUT2D eigenvalue weighted by Gasteiger charge is -2.04. The Morgan fingerprint density at radius 3 is 2.65 bits per heavy atom. The topological polar surface area (TPSA) is 81.9 Å². The van der Waals surface area contributed by atoms with Gasteiger partial charge in [-0.15, -0.1) is 0 Å². The second-order valence-electron chi connectivity index (χ2n) is 5.59. The first kappa shape index (κ1) is 13.0. The lowest BCUT2D eigenvalue weighted by atomic mass is 10.0. The van der Waals surface area contributed by atoms with Gasteiger partial charge >= 0.3 is 0 Å². The molecule has 1 aromatic rings. The fourth-order valence-electron chi connectivity index (χ4n) is 3.27. The number of benzene rings is 1. The third-order valence-electron chi connectivity index (χ3n) is 4.38. The van der Waals surface area contributed by atoms with Crippen molar-refractivity contribution in [2.24, 2.45) is 22.9 Å². The van der Waals surface area contributed by atoms with E-state index in [0.717, 1.165) is 12.8 Å². The summed E-state index contributed by atoms with van der Waals surface area (Å²) in [7, 11) is 0. The molecule has 2 aliphatic rings. The van der Waals surface area contributed by atoms with Crippen LogP contribution >= 0.6 is 0 Å². The van der Waals surface area contributed by atoms with Gasteiger partial charge in [-0.25, -0.2) is 5.43 Å². The summed E-state index contributed by atoms with van der Waals surface area (Å²) in [6.45, 7) is 0. The number of aromatic hydroxyl groups is 2. The molecule has 0 aliphatic heterocycles. The van der Waals surface area contributed by atoms with Gasteiger partial charge in [0.05, 0.1) is 6.21 Å². The molecular weight excluding hydrogens is 256 g/mol. The molecule has 5 heteroatoms. The molecule has 5 nitrogen and oxygen atoms in total. The van der Waals surface area contributed by atoms with Crippen LogP contribution in [0, 0.1) is 17.8 Å². The second-order valence-corrected chi connectivity index (χ2v) is 5.59. The number of carbonyl (C=O) groups is 1. The Morgan fingerprint density at radius 1 is 1.25 bits per heavy atom. The SMILES string of the molecule is O=C(NN=Cc1cccc(O)c1O)C1[C@@H]2CCCC[C@@H]12. The summed E-state index contributed by atoms with van der Waals surface area (Å²) in [5, 5.41) is 22.8. The molecule has 0 heterocycles. The van der Waals surface area contributed by atoms with Gasteiger partial charge in [0.2, 0.25) is 5.91 Å². The summed E-state index contributed by atoms with van der Waals surface area (Å²) in [4.78, 5) is 12.0. The third-order valence-corrected chi connectivity index (χ3v) is 4.38. The van der Waals surface area contributed by atoms with Crippen molar-refractivity contribution in [3.05, 3.63) is 23.8 Å². The van der Waals surface area contributed by atoms with Crippen molar-refractivity contribution < 1.29 is 15.0 Å². The molecule has 3 N–H and O–H groups in total. The number of rotatable bonds is 3. The molecule has 2 aliphatic carbocycles. The molecule has 0 bridgehead atoms. The van der Waals surface area contributed by atoms with Crippen LogP contribution in [0.2, 0.25) is 0 Å². The van der Waals surface area contributed by atoms with E-state index >= 15 is 0 Å². The molecule has 1 amide bonds. The number of hydrazone groups is 1. The highest BCUT2D eigenvalue weighted by Crippen LogP contribution is 2.55. The summed E-state index contributed by atoms with van der Waals surface area (Å²) < 4.78 is 0. The minimum absolute atomic E-state index is 0.0298. The highest BCUT2D eigenvalue weighted by atomic mass is 16.3. The summed E-state index contributed by atoms with van der Waals surface area (Å²) in [5.41, 5.74) is 2.91. The van der Waals surface area contributed by atoms with Gasteiger partial charge in [0.15, 0.2) is 11.5 Å². The van der Waals surface area contributed by atoms with Crippen LogP contribution in [0.15, 0.2) is 23.3 Å². The first-order chi connectivity index (χ1) is 9.68. The average Bonchev–Trinajstić information content (AvgIpc) is 3.18. The van der Waals surface area contributed by atoms with E-state index in [2.05, 4.69) is 10.5 Å². The quantitative estimate of drug-likeness (QED) is 0.448. The van der Waals surface area contributed by atoms with Crippen LogP contribution in [0.4, 0.5) is 0 Å². The maximum absolute atomic E-state index is 12.0. The maximum Gasteiger partial charge on any atom is 0.243 e. The van der Waals surface area contributed by atoms with Crippen LogP contribution in [0.25, 0.3) is 0 Å². The van der Waals surface area contributed by atoms with E-state index in [0.29, 0.717) is 17.4 Å². The van der Waals surface area contributed by atoms with Crippen LogP contribution in [0.5, 0.6) is 11.5 Å². The van der Waals surface area contributed by atoms with Gasteiger partial charge in [-0.2, -0.15) is 5.10 Å². The Hall–Kier alpha value is -2.04. The predicted molar refractivity (Wildman–Crippen MR) is 74.4 cm³/mol. The van der Waals surface area contributed by atoms with Crippen molar-refractivity contribution in [3.63, 3.8) is 0 Å². The minimum atomic E-state index is -0.231. The van der Waals surface area contributed by atoms with E-state index in [9.17, 15) is 15.0 Å². The summed E-state index contributed by atoms with van der Waals surface area (Å²) in [5.74, 6) is 0.755. The fourth-order valence-corrected chi connectivity index (χ4v) is 3.27. The number of hydrogen-bond acceptors (Lipinski definition) is 4. The first-order valence-corrected chi connectivity index (χ1v) is 7.02. The van der Waals surface area contributed by atoms with Crippen molar-refractivity contribution in [2.75, 3.05) is 0 Å². The Balaban J connectivity index is 1.58. The van der Waals surface area contributed by atoms with Crippen molar-refractivity contribution in [2.45, 2.75) is 25.7 Å². The van der Waals surface area contributed by atoms with E-state index in [-0.39, 0.29) is 23.3 Å². The van der Waals surface area contributed by atoms with Gasteiger partial charge in [-0.3, -0.25) is 4.79 Å². The van der Waals surface area contributed by atoms with E-state index in [4.69, 9.17) is 0 Å². The van der Waals surface area contributed by atoms with Crippen LogP contribution < -0.4 is 5.43 Å². The number of hydrogen-bond donors (Lipinski definition) is 3. The predicted octanol–water partition coefficient (Wildman–Crippen LogP) is 1.98. The van der Waals surface area contributed by atoms with Crippen LogP contribution in [-0.2, 0) is 4.79 Å². The Bertz CT molecular complexity index is 544. The molecule has 2 fully saturated rings. The molecule has 2 saturated carbocycles. The number of phenols is 2. The summed E-state index contributed by atoms with van der Waals surface area (Å²) in [6, 6.07) is 4.61. The zero-order valence-electron chi connectivity index (χ0n) is 11.1. The molecule has 1 aromatic carbocycles. The van der Waals surface area contributed by atoms with Gasteiger partial charge < -0.3 is 10.2 Å². The number of nitrogens with one attached hydrogen (secondary N) is 1. The normalized spacial score (nSPS) is 28.1. The molecule has 3 rings (SSSR count). The van der Waals surface area contributed by atoms with Crippen LogP contribution in [0.1, 0.15) is 31.2 Å². The van der Waals surface area contributed by atoms with Crippen LogP contribution in [-0.4, -0.2) is 22.3 Å². The van der Waals surface area contributed by atoms with Gasteiger partial charge in [-0.1, -0.05) is 18.9 Å². The minimum Gasteiger partial charge on any atom is -0.504 e. The van der Waals surface area contributed by atoms with Gasteiger partial charge in [-0.05, 0) is 36.8 Å². The zero-order valence-corrected chi connectivity index (χ0v) is 11.1. The van der Waals surface area contributed by atoms with Crippen LogP contribution in [0.3, 0.4) is 0 Å². The van der Waals surface area contributed by atoms with E-state index in [1.54, 1.807) is 12.1 Å². The largest absolute Gasteiger partial charge is 0.504 e. The number of fused-ring (bicyclic) bond motifs is 1. The standard InChI is InChI=1S/C15H18N2O3/c18-12-7-3-4-9(14(12)19)8-16-17-15(20)13-10-5-1-2-6-11(10)13/h3-4,7-8,10-11,13,18-19H,1-2,5-6H2,(H,17,20)/t10-,11-/m1/s1. The van der Waals surface area contributed by atoms with E-state index in [1.807, 2.05) is 0 Å². The zero-order chi connectivity index (χ0) is 14.1. The Labute approximate surface area is 117 Å². The third kappa shape index (κ3) is 2.35. The van der Waals surface area contributed by atoms with Crippen molar-refractivity contribution in [1.82, 2.24) is 5.43 Å². The number of nitrogens with zero attached hydrogens (tertiary/aromatic N) is 1. The average molecular weight is 274 g/mol. The molecular formula is C15H18N2O3. The first-order valence-electron chi connectivity index (χ1n) is 7.02. The molecule has 0 unspecified atom stereocenters. The smallest absolute Gasteiger partial charge is 0.243 e. The van der Waals surface area contributed by atoms with Gasteiger partial charge in [0, 0.05) is 11.5 Å². The lowest BCUT2D eigenvalue weighted by Crippen LogP contribution is -2.20. The number of para-hydroxylation sites is 1. The number of carbonyl (C=O) groups excluding carboxylic acids is 1. The summed E-state index contributed by atoms with van der Waals surface area (Å²) >= 11 is 0. The molecule has 0 radical (unpaired) electrons. The second kappa shape index (κ2) is 5.15. The lowest BCUT2D eigenvalue weighted by molar-refractivity contribution is -0.122. The summed E-state index contributed by atoms with van der Waals surface area (Å²) in [6.07, 6.45) is 6.11. The molecule has 2 atom stereocenters. The molecule has 20 heavy (non-hydrogen) atoms. The van der Waals surface area contributed by atoms with Crippen molar-refractivity contribution in [1.29, 1.82) is 0 Å². The Morgan fingerprint density at radius 2 is 1.95 bits per heavy atom. The maximum atomic E-state index is 12.0. The molecule has 0 saturated heterocycles. The monoisotopic (exact) mass is 274 g/mol. The molecule has 0 spiro atoms. The Kier molecular flexibility index (Phi) is 3.34. The van der Waals surface area contributed by atoms with Crippen molar-refractivity contribution >= 4 is 12.1 Å². The molecule has 106 valence electrons. The van der Waals surface area contributed by atoms with E-state index in [1.165, 1.54) is 25.1 Å². The van der Waals surface area contributed by atoms with Gasteiger partial charge in [0.1, 0.15) is 0 Å². The fraction of sp³-hybridized carbons (Fsp3) is 0.467. The number of phenolic OH excluding ortho intramolecular Hbond substituents is 2. The highest BCUT2D eigenvalue weighted by Gasteiger charge is 2.54. The number of amides is 1. The van der Waals surface area contributed by atoms with Crippen molar-refractivity contribution in [3.8, 4) is 11.5 Å². The molecule has 0 aromatic heterocycles.